The number of hydroxylamine groups is 1. The van der Waals surface area contributed by atoms with E-state index in [4.69, 9.17) is 4.84 Å². The molecule has 1 aromatic carbocycles. The molecule has 0 saturated heterocycles. The summed E-state index contributed by atoms with van der Waals surface area (Å²) in [6.45, 7) is 0.886. The largest absolute Gasteiger partial charge is 0.291 e. The molecule has 58 valence electrons. The van der Waals surface area contributed by atoms with Gasteiger partial charge in [-0.25, -0.2) is 0 Å². The molecular weight excluding hydrogens is 158 g/mol. The van der Waals surface area contributed by atoms with Gasteiger partial charge in [-0.2, -0.15) is 0 Å². The Morgan fingerprint density at radius 1 is 1.45 bits per heavy atom. The van der Waals surface area contributed by atoms with Crippen molar-refractivity contribution in [1.82, 2.24) is 4.47 Å². The number of fused-ring (bicyclic) bond motifs is 1. The molecule has 0 saturated carbocycles. The molecule has 0 fully saturated rings. The van der Waals surface area contributed by atoms with Gasteiger partial charge in [0.15, 0.2) is 0 Å². The molecule has 0 unspecified atom stereocenters. The molecule has 0 spiro atoms. The normalized spacial score (nSPS) is 16.8. The van der Waals surface area contributed by atoms with Crippen molar-refractivity contribution in [2.45, 2.75) is 11.4 Å². The van der Waals surface area contributed by atoms with Gasteiger partial charge in [-0.15, -0.1) is 4.47 Å². The molecule has 0 amide bonds. The Morgan fingerprint density at radius 3 is 3.00 bits per heavy atom. The summed E-state index contributed by atoms with van der Waals surface area (Å²) < 4.78 is 1.87. The summed E-state index contributed by atoms with van der Waals surface area (Å²) in [5.41, 5.74) is 1.35. The number of benzene rings is 1. The second-order valence-corrected chi connectivity index (χ2v) is 3.40. The number of rotatable bonds is 1. The first-order chi connectivity index (χ1) is 5.40. The first-order valence-electron chi connectivity index (χ1n) is 3.47. The fraction of sp³-hybridized carbons (Fsp3) is 0.250. The predicted octanol–water partition coefficient (Wildman–Crippen LogP) is 2.07. The molecule has 2 nitrogen and oxygen atoms in total. The molecule has 1 aliphatic heterocycles. The van der Waals surface area contributed by atoms with Crippen LogP contribution in [0.15, 0.2) is 29.2 Å². The van der Waals surface area contributed by atoms with E-state index in [1.54, 1.807) is 19.1 Å². The minimum atomic E-state index is 0.886. The Balaban J connectivity index is 2.27. The molecule has 2 rings (SSSR count). The lowest BCUT2D eigenvalue weighted by molar-refractivity contribution is -0.0409. The Bertz CT molecular complexity index is 239. The van der Waals surface area contributed by atoms with Crippen LogP contribution in [0.5, 0.6) is 0 Å². The second-order valence-electron chi connectivity index (χ2n) is 2.37. The molecule has 1 aromatic rings. The summed E-state index contributed by atoms with van der Waals surface area (Å²) >= 11 is 1.65. The van der Waals surface area contributed by atoms with Crippen molar-refractivity contribution in [3.05, 3.63) is 29.8 Å². The standard InChI is InChI=1S/C8H9NOS/c1-10-9-6-7-4-2-3-5-8(7)11-9/h2-5H,6H2,1H3. The van der Waals surface area contributed by atoms with E-state index in [1.807, 2.05) is 10.5 Å². The van der Waals surface area contributed by atoms with Crippen LogP contribution in [0, 0.1) is 0 Å². The molecule has 0 N–H and O–H groups in total. The molecule has 1 heterocycles. The summed E-state index contributed by atoms with van der Waals surface area (Å²) in [6, 6.07) is 8.34. The average molecular weight is 167 g/mol. The van der Waals surface area contributed by atoms with Gasteiger partial charge in [-0.3, -0.25) is 4.84 Å². The SMILES string of the molecule is CON1Cc2ccccc2S1. The molecule has 0 aromatic heterocycles. The topological polar surface area (TPSA) is 12.5 Å². The van der Waals surface area contributed by atoms with Crippen LogP contribution in [-0.2, 0) is 11.4 Å². The van der Waals surface area contributed by atoms with E-state index < -0.39 is 0 Å². The lowest BCUT2D eigenvalue weighted by Gasteiger charge is -2.07. The van der Waals surface area contributed by atoms with Crippen LogP contribution >= 0.6 is 11.9 Å². The quantitative estimate of drug-likeness (QED) is 0.594. The van der Waals surface area contributed by atoms with Crippen LogP contribution in [0.2, 0.25) is 0 Å². The van der Waals surface area contributed by atoms with E-state index in [2.05, 4.69) is 18.2 Å². The third-order valence-electron chi connectivity index (χ3n) is 1.68. The smallest absolute Gasteiger partial charge is 0.0622 e. The molecule has 0 radical (unpaired) electrons. The van der Waals surface area contributed by atoms with Crippen LogP contribution in [0.25, 0.3) is 0 Å². The van der Waals surface area contributed by atoms with Crippen LogP contribution < -0.4 is 0 Å². The summed E-state index contributed by atoms with van der Waals surface area (Å²) in [5.74, 6) is 0. The number of nitrogens with zero attached hydrogens (tertiary/aromatic N) is 1. The van der Waals surface area contributed by atoms with Crippen molar-refractivity contribution in [2.24, 2.45) is 0 Å². The molecule has 0 atom stereocenters. The van der Waals surface area contributed by atoms with Crippen LogP contribution in [0.3, 0.4) is 0 Å². The lowest BCUT2D eigenvalue weighted by Crippen LogP contribution is -2.06. The van der Waals surface area contributed by atoms with Crippen molar-refractivity contribution in [3.8, 4) is 0 Å². The average Bonchev–Trinajstić information content (AvgIpc) is 2.46. The van der Waals surface area contributed by atoms with E-state index in [0.29, 0.717) is 0 Å². The highest BCUT2D eigenvalue weighted by Crippen LogP contribution is 2.34. The maximum Gasteiger partial charge on any atom is 0.0622 e. The minimum absolute atomic E-state index is 0.886. The van der Waals surface area contributed by atoms with Crippen LogP contribution in [0.4, 0.5) is 0 Å². The first-order valence-corrected chi connectivity index (χ1v) is 4.25. The van der Waals surface area contributed by atoms with E-state index in [-0.39, 0.29) is 0 Å². The van der Waals surface area contributed by atoms with Crippen LogP contribution in [0.1, 0.15) is 5.56 Å². The monoisotopic (exact) mass is 167 g/mol. The molecule has 11 heavy (non-hydrogen) atoms. The molecule has 0 aliphatic carbocycles. The van der Waals surface area contributed by atoms with Crippen molar-refractivity contribution in [2.75, 3.05) is 7.11 Å². The third kappa shape index (κ3) is 1.27. The zero-order chi connectivity index (χ0) is 7.68. The number of hydrogen-bond donors (Lipinski definition) is 0. The summed E-state index contributed by atoms with van der Waals surface area (Å²) in [6.07, 6.45) is 0. The van der Waals surface area contributed by atoms with Crippen molar-refractivity contribution < 1.29 is 4.84 Å². The van der Waals surface area contributed by atoms with Gasteiger partial charge in [0.05, 0.1) is 13.7 Å². The predicted molar refractivity (Wildman–Crippen MR) is 44.9 cm³/mol. The van der Waals surface area contributed by atoms with Gasteiger partial charge in [0.1, 0.15) is 0 Å². The van der Waals surface area contributed by atoms with E-state index >= 15 is 0 Å². The van der Waals surface area contributed by atoms with Gasteiger partial charge in [-0.1, -0.05) is 18.2 Å². The lowest BCUT2D eigenvalue weighted by atomic mass is 10.2. The fourth-order valence-corrected chi connectivity index (χ4v) is 1.99. The summed E-state index contributed by atoms with van der Waals surface area (Å²) in [5, 5.41) is 0. The Morgan fingerprint density at radius 2 is 2.27 bits per heavy atom. The highest BCUT2D eigenvalue weighted by Gasteiger charge is 2.18. The maximum atomic E-state index is 5.09. The van der Waals surface area contributed by atoms with Gasteiger partial charge in [-0.05, 0) is 23.6 Å². The Kier molecular flexibility index (Phi) is 1.85. The fourth-order valence-electron chi connectivity index (χ4n) is 1.11. The van der Waals surface area contributed by atoms with Crippen molar-refractivity contribution in [3.63, 3.8) is 0 Å². The van der Waals surface area contributed by atoms with Gasteiger partial charge in [0.2, 0.25) is 0 Å². The van der Waals surface area contributed by atoms with E-state index in [1.165, 1.54) is 10.5 Å². The van der Waals surface area contributed by atoms with Crippen LogP contribution in [-0.4, -0.2) is 11.6 Å². The maximum absolute atomic E-state index is 5.09. The molecular formula is C8H9NOS. The molecule has 1 aliphatic rings. The first kappa shape index (κ1) is 7.16. The van der Waals surface area contributed by atoms with Crippen molar-refractivity contribution in [1.29, 1.82) is 0 Å². The van der Waals surface area contributed by atoms with Crippen molar-refractivity contribution >= 4 is 11.9 Å². The Labute approximate surface area is 70.2 Å². The third-order valence-corrected chi connectivity index (χ3v) is 2.75. The summed E-state index contributed by atoms with van der Waals surface area (Å²) in [4.78, 5) is 6.39. The second kappa shape index (κ2) is 2.85. The van der Waals surface area contributed by atoms with Gasteiger partial charge >= 0.3 is 0 Å². The Hall–Kier alpha value is -0.510. The minimum Gasteiger partial charge on any atom is -0.291 e. The molecule has 3 heteroatoms. The van der Waals surface area contributed by atoms with Gasteiger partial charge in [0.25, 0.3) is 0 Å². The van der Waals surface area contributed by atoms with Gasteiger partial charge in [0, 0.05) is 4.90 Å². The van der Waals surface area contributed by atoms with E-state index in [9.17, 15) is 0 Å². The zero-order valence-electron chi connectivity index (χ0n) is 6.28. The molecule has 0 bridgehead atoms. The highest BCUT2D eigenvalue weighted by atomic mass is 32.2. The zero-order valence-corrected chi connectivity index (χ0v) is 7.10. The number of hydrogen-bond acceptors (Lipinski definition) is 3. The van der Waals surface area contributed by atoms with Gasteiger partial charge < -0.3 is 0 Å². The highest BCUT2D eigenvalue weighted by molar-refractivity contribution is 7.97. The summed E-state index contributed by atoms with van der Waals surface area (Å²) in [7, 11) is 1.69. The van der Waals surface area contributed by atoms with E-state index in [0.717, 1.165) is 6.54 Å².